The van der Waals surface area contributed by atoms with Gasteiger partial charge >= 0.3 is 0 Å². The highest BCUT2D eigenvalue weighted by atomic mass is 35.5. The minimum absolute atomic E-state index is 0.120. The van der Waals surface area contributed by atoms with Gasteiger partial charge in [0.15, 0.2) is 5.60 Å². The number of likely N-dealkylation sites (tertiary alicyclic amines) is 1. The molecule has 142 valence electrons. The molecule has 0 aliphatic carbocycles. The first-order chi connectivity index (χ1) is 13.0. The average Bonchev–Trinajstić information content (AvgIpc) is 3.39. The molecule has 0 unspecified atom stereocenters. The van der Waals surface area contributed by atoms with Crippen LogP contribution in [0.1, 0.15) is 24.2 Å². The number of nitrogens with one attached hydrogen (secondary N) is 1. The zero-order valence-corrected chi connectivity index (χ0v) is 15.3. The van der Waals surface area contributed by atoms with Crippen LogP contribution in [0, 0.1) is 5.82 Å². The van der Waals surface area contributed by atoms with Crippen molar-refractivity contribution in [1.29, 1.82) is 0 Å². The van der Waals surface area contributed by atoms with Gasteiger partial charge in [0.05, 0.1) is 17.8 Å². The van der Waals surface area contributed by atoms with Gasteiger partial charge in [-0.05, 0) is 29.8 Å². The molecule has 0 bridgehead atoms. The lowest BCUT2D eigenvalue weighted by Gasteiger charge is -2.21. The van der Waals surface area contributed by atoms with Crippen LogP contribution in [-0.4, -0.2) is 35.2 Å². The van der Waals surface area contributed by atoms with E-state index in [1.165, 1.54) is 6.07 Å². The molecule has 4 rings (SSSR count). The predicted molar refractivity (Wildman–Crippen MR) is 97.7 cm³/mol. The molecule has 1 aromatic heterocycles. The van der Waals surface area contributed by atoms with Crippen molar-refractivity contribution in [3.63, 3.8) is 0 Å². The lowest BCUT2D eigenvalue weighted by atomic mass is 9.96. The van der Waals surface area contributed by atoms with E-state index in [1.54, 1.807) is 24.5 Å². The van der Waals surface area contributed by atoms with Crippen LogP contribution in [0.3, 0.4) is 0 Å². The first kappa shape index (κ1) is 18.0. The fourth-order valence-corrected chi connectivity index (χ4v) is 3.62. The van der Waals surface area contributed by atoms with Gasteiger partial charge in [0.25, 0.3) is 5.91 Å². The Morgan fingerprint density at radius 3 is 3.07 bits per heavy atom. The number of hydrogen-bond donors (Lipinski definition) is 1. The van der Waals surface area contributed by atoms with Gasteiger partial charge in [-0.1, -0.05) is 22.8 Å². The van der Waals surface area contributed by atoms with Gasteiger partial charge in [0.2, 0.25) is 0 Å². The van der Waals surface area contributed by atoms with E-state index in [0.717, 1.165) is 18.5 Å². The summed E-state index contributed by atoms with van der Waals surface area (Å²) < 4.78 is 18.8. The topological polar surface area (TPSA) is 67.1 Å². The number of furan rings is 1. The third-order valence-corrected chi connectivity index (χ3v) is 5.20. The Balaban J connectivity index is 1.31. The Labute approximate surface area is 160 Å². The Morgan fingerprint density at radius 2 is 2.30 bits per heavy atom. The Morgan fingerprint density at radius 1 is 1.41 bits per heavy atom. The molecule has 1 fully saturated rings. The minimum Gasteiger partial charge on any atom is -0.467 e. The third kappa shape index (κ3) is 3.99. The Bertz CT molecular complexity index is 871. The fraction of sp³-hybridized carbons (Fsp3) is 0.368. The molecule has 8 heteroatoms. The third-order valence-electron chi connectivity index (χ3n) is 4.89. The minimum atomic E-state index is -0.484. The van der Waals surface area contributed by atoms with Crippen molar-refractivity contribution in [3.05, 3.63) is 58.8 Å². The van der Waals surface area contributed by atoms with Gasteiger partial charge in [-0.25, -0.2) is 4.39 Å². The van der Waals surface area contributed by atoms with E-state index in [0.29, 0.717) is 37.5 Å². The van der Waals surface area contributed by atoms with Gasteiger partial charge in [0.1, 0.15) is 17.3 Å². The molecule has 2 aliphatic heterocycles. The molecule has 1 amide bonds. The maximum absolute atomic E-state index is 13.6. The highest BCUT2D eigenvalue weighted by molar-refractivity contribution is 6.39. The first-order valence-corrected chi connectivity index (χ1v) is 9.13. The molecule has 0 saturated carbocycles. The largest absolute Gasteiger partial charge is 0.467 e. The highest BCUT2D eigenvalue weighted by Gasteiger charge is 2.46. The van der Waals surface area contributed by atoms with E-state index in [9.17, 15) is 9.18 Å². The van der Waals surface area contributed by atoms with Crippen LogP contribution in [0.4, 0.5) is 4.39 Å². The van der Waals surface area contributed by atoms with Gasteiger partial charge in [-0.3, -0.25) is 9.69 Å². The monoisotopic (exact) mass is 391 g/mol. The van der Waals surface area contributed by atoms with Crippen molar-refractivity contribution in [1.82, 2.24) is 10.2 Å². The van der Waals surface area contributed by atoms with Gasteiger partial charge in [-0.2, -0.15) is 0 Å². The molecule has 0 radical (unpaired) electrons. The van der Waals surface area contributed by atoms with E-state index in [1.807, 2.05) is 6.07 Å². The van der Waals surface area contributed by atoms with Crippen molar-refractivity contribution < 1.29 is 18.4 Å². The summed E-state index contributed by atoms with van der Waals surface area (Å²) in [6, 6.07) is 8.40. The van der Waals surface area contributed by atoms with Crippen LogP contribution in [0.5, 0.6) is 0 Å². The summed E-state index contributed by atoms with van der Waals surface area (Å²) in [5.41, 5.74) is 0.757. The van der Waals surface area contributed by atoms with Crippen molar-refractivity contribution in [3.8, 4) is 0 Å². The summed E-state index contributed by atoms with van der Waals surface area (Å²) in [7, 11) is 0. The summed E-state index contributed by atoms with van der Waals surface area (Å²) in [4.78, 5) is 20.1. The molecule has 1 aromatic carbocycles. The van der Waals surface area contributed by atoms with E-state index in [4.69, 9.17) is 20.9 Å². The van der Waals surface area contributed by atoms with E-state index < -0.39 is 11.4 Å². The standard InChI is InChI=1S/C19H19ClFN3O3/c20-15-4-3-13(8-16(15)21)11-24-6-5-19(12-24)9-17(23-27-19)18(25)22-10-14-2-1-7-26-14/h1-4,7-8H,5-6,9-12H2,(H,22,25)/t19-/m0/s1. The molecule has 1 spiro atoms. The zero-order valence-electron chi connectivity index (χ0n) is 14.6. The maximum atomic E-state index is 13.6. The molecule has 3 heterocycles. The van der Waals surface area contributed by atoms with Crippen molar-refractivity contribution in [2.75, 3.05) is 13.1 Å². The number of carbonyl (C=O) groups excluding carboxylic acids is 1. The van der Waals surface area contributed by atoms with Gasteiger partial charge < -0.3 is 14.6 Å². The molecule has 2 aromatic rings. The number of carbonyl (C=O) groups is 1. The maximum Gasteiger partial charge on any atom is 0.269 e. The second-order valence-corrected chi connectivity index (χ2v) is 7.37. The van der Waals surface area contributed by atoms with Crippen LogP contribution in [0.25, 0.3) is 0 Å². The van der Waals surface area contributed by atoms with E-state index in [2.05, 4.69) is 15.4 Å². The molecule has 27 heavy (non-hydrogen) atoms. The number of amides is 1. The lowest BCUT2D eigenvalue weighted by Crippen LogP contribution is -2.36. The second-order valence-electron chi connectivity index (χ2n) is 6.96. The summed E-state index contributed by atoms with van der Waals surface area (Å²) in [5.74, 6) is 0.0142. The number of hydrogen-bond acceptors (Lipinski definition) is 5. The molecule has 1 atom stereocenters. The predicted octanol–water partition coefficient (Wildman–Crippen LogP) is 3.11. The molecule has 1 N–H and O–H groups in total. The fourth-order valence-electron chi connectivity index (χ4n) is 3.50. The van der Waals surface area contributed by atoms with E-state index in [-0.39, 0.29) is 10.9 Å². The highest BCUT2D eigenvalue weighted by Crippen LogP contribution is 2.34. The number of oxime groups is 1. The average molecular weight is 392 g/mol. The normalized spacial score (nSPS) is 22.1. The molecular weight excluding hydrogens is 373 g/mol. The number of halogens is 2. The second kappa shape index (κ2) is 7.32. The molecular formula is C19H19ClFN3O3. The smallest absolute Gasteiger partial charge is 0.269 e. The van der Waals surface area contributed by atoms with E-state index >= 15 is 0 Å². The summed E-state index contributed by atoms with van der Waals surface area (Å²) in [6.07, 6.45) is 2.79. The quantitative estimate of drug-likeness (QED) is 0.850. The van der Waals surface area contributed by atoms with Gasteiger partial charge in [0, 0.05) is 32.5 Å². The summed E-state index contributed by atoms with van der Waals surface area (Å²) >= 11 is 5.73. The van der Waals surface area contributed by atoms with Crippen molar-refractivity contribution >= 4 is 23.2 Å². The van der Waals surface area contributed by atoms with Crippen LogP contribution in [0.15, 0.2) is 46.2 Å². The Kier molecular flexibility index (Phi) is 4.88. The van der Waals surface area contributed by atoms with Crippen LogP contribution in [0.2, 0.25) is 5.02 Å². The number of rotatable bonds is 5. The van der Waals surface area contributed by atoms with Crippen LogP contribution >= 0.6 is 11.6 Å². The summed E-state index contributed by atoms with van der Waals surface area (Å²) in [6.45, 7) is 2.34. The molecule has 2 aliphatic rings. The van der Waals surface area contributed by atoms with Crippen LogP contribution in [-0.2, 0) is 22.7 Å². The van der Waals surface area contributed by atoms with Crippen molar-refractivity contribution in [2.24, 2.45) is 5.16 Å². The summed E-state index contributed by atoms with van der Waals surface area (Å²) in [5, 5.41) is 6.91. The number of benzene rings is 1. The molecule has 1 saturated heterocycles. The Hall–Kier alpha value is -2.38. The van der Waals surface area contributed by atoms with Crippen molar-refractivity contribution in [2.45, 2.75) is 31.5 Å². The van der Waals surface area contributed by atoms with Crippen LogP contribution < -0.4 is 5.32 Å². The SMILES string of the molecule is O=C(NCc1ccco1)C1=NO[C@@]2(CCN(Cc3ccc(Cl)c(F)c3)C2)C1. The number of nitrogens with zero attached hydrogens (tertiary/aromatic N) is 2. The first-order valence-electron chi connectivity index (χ1n) is 8.75. The lowest BCUT2D eigenvalue weighted by molar-refractivity contribution is -0.115. The molecule has 6 nitrogen and oxygen atoms in total. The van der Waals surface area contributed by atoms with Gasteiger partial charge in [-0.15, -0.1) is 0 Å². The zero-order chi connectivity index (χ0) is 18.9.